The van der Waals surface area contributed by atoms with Crippen LogP contribution in [0, 0.1) is 0 Å². The van der Waals surface area contributed by atoms with Gasteiger partial charge in [0.1, 0.15) is 0 Å². The van der Waals surface area contributed by atoms with Crippen LogP contribution in [0.2, 0.25) is 0 Å². The van der Waals surface area contributed by atoms with Gasteiger partial charge in [-0.05, 0) is 25.7 Å². The Kier molecular flexibility index (Phi) is 23.4. The first kappa shape index (κ1) is 28.9. The third kappa shape index (κ3) is 23.2. The van der Waals surface area contributed by atoms with Crippen molar-refractivity contribution in [2.75, 3.05) is 13.2 Å². The van der Waals surface area contributed by atoms with Crippen LogP contribution in [-0.4, -0.2) is 25.2 Å². The van der Waals surface area contributed by atoms with Crippen molar-refractivity contribution in [2.45, 2.75) is 142 Å². The summed E-state index contributed by atoms with van der Waals surface area (Å²) in [5.41, 5.74) is 0. The van der Waals surface area contributed by atoms with Crippen LogP contribution in [0.4, 0.5) is 0 Å². The second-order valence-electron chi connectivity index (χ2n) is 8.60. The monoisotopic (exact) mass is 426 g/mol. The SMILES string of the molecule is CCCCCCOC(=O)CCCCCCCCCCCCC(=O)OCCCCCC. The van der Waals surface area contributed by atoms with E-state index in [1.54, 1.807) is 0 Å². The number of carbonyl (C=O) groups is 2. The molecule has 0 N–H and O–H groups in total. The van der Waals surface area contributed by atoms with E-state index in [1.165, 1.54) is 64.2 Å². The van der Waals surface area contributed by atoms with Gasteiger partial charge in [-0.1, -0.05) is 104 Å². The van der Waals surface area contributed by atoms with Crippen molar-refractivity contribution in [1.82, 2.24) is 0 Å². The molecule has 0 aromatic heterocycles. The molecule has 0 heterocycles. The molecule has 0 saturated heterocycles. The third-order valence-corrected chi connectivity index (χ3v) is 5.53. The summed E-state index contributed by atoms with van der Waals surface area (Å²) in [4.78, 5) is 23.2. The lowest BCUT2D eigenvalue weighted by atomic mass is 10.1. The average Bonchev–Trinajstić information content (AvgIpc) is 2.74. The molecular weight excluding hydrogens is 376 g/mol. The Morgan fingerprint density at radius 2 is 0.733 bits per heavy atom. The first-order valence-electron chi connectivity index (χ1n) is 13.0. The topological polar surface area (TPSA) is 52.6 Å². The minimum absolute atomic E-state index is 0.0214. The summed E-state index contributed by atoms with van der Waals surface area (Å²) < 4.78 is 10.5. The maximum atomic E-state index is 11.6. The van der Waals surface area contributed by atoms with E-state index in [-0.39, 0.29) is 11.9 Å². The van der Waals surface area contributed by atoms with Crippen molar-refractivity contribution in [1.29, 1.82) is 0 Å². The summed E-state index contributed by atoms with van der Waals surface area (Å²) in [6, 6.07) is 0. The van der Waals surface area contributed by atoms with Crippen LogP contribution < -0.4 is 0 Å². The number of hydrogen-bond donors (Lipinski definition) is 0. The molecule has 0 aliphatic heterocycles. The van der Waals surface area contributed by atoms with Gasteiger partial charge < -0.3 is 9.47 Å². The molecule has 0 aromatic carbocycles. The molecule has 4 nitrogen and oxygen atoms in total. The number of rotatable bonds is 23. The highest BCUT2D eigenvalue weighted by atomic mass is 16.5. The van der Waals surface area contributed by atoms with Gasteiger partial charge in [-0.25, -0.2) is 0 Å². The smallest absolute Gasteiger partial charge is 0.305 e. The van der Waals surface area contributed by atoms with E-state index in [2.05, 4.69) is 13.8 Å². The Hall–Kier alpha value is -1.06. The third-order valence-electron chi connectivity index (χ3n) is 5.53. The van der Waals surface area contributed by atoms with Crippen LogP contribution in [0.1, 0.15) is 142 Å². The predicted octanol–water partition coefficient (Wildman–Crippen LogP) is 7.91. The van der Waals surface area contributed by atoms with Gasteiger partial charge in [0.05, 0.1) is 13.2 Å². The maximum Gasteiger partial charge on any atom is 0.305 e. The highest BCUT2D eigenvalue weighted by molar-refractivity contribution is 5.69. The second-order valence-corrected chi connectivity index (χ2v) is 8.60. The van der Waals surface area contributed by atoms with E-state index in [0.717, 1.165) is 51.4 Å². The van der Waals surface area contributed by atoms with Crippen LogP contribution in [0.5, 0.6) is 0 Å². The molecule has 0 bridgehead atoms. The van der Waals surface area contributed by atoms with Crippen molar-refractivity contribution >= 4 is 11.9 Å². The fraction of sp³-hybridized carbons (Fsp3) is 0.923. The van der Waals surface area contributed by atoms with E-state index < -0.39 is 0 Å². The number of hydrogen-bond acceptors (Lipinski definition) is 4. The lowest BCUT2D eigenvalue weighted by molar-refractivity contribution is -0.144. The van der Waals surface area contributed by atoms with Gasteiger partial charge in [0.25, 0.3) is 0 Å². The lowest BCUT2D eigenvalue weighted by Crippen LogP contribution is -2.05. The highest BCUT2D eigenvalue weighted by Gasteiger charge is 2.03. The number of ether oxygens (including phenoxy) is 2. The predicted molar refractivity (Wildman–Crippen MR) is 126 cm³/mol. The van der Waals surface area contributed by atoms with E-state index in [0.29, 0.717) is 26.1 Å². The molecule has 0 fully saturated rings. The summed E-state index contributed by atoms with van der Waals surface area (Å²) in [5.74, 6) is -0.0428. The molecule has 0 unspecified atom stereocenters. The van der Waals surface area contributed by atoms with Crippen LogP contribution in [0.25, 0.3) is 0 Å². The molecule has 30 heavy (non-hydrogen) atoms. The van der Waals surface area contributed by atoms with E-state index in [9.17, 15) is 9.59 Å². The zero-order chi connectivity index (χ0) is 22.1. The fourth-order valence-electron chi connectivity index (χ4n) is 3.53. The van der Waals surface area contributed by atoms with Crippen molar-refractivity contribution < 1.29 is 19.1 Å². The van der Waals surface area contributed by atoms with Crippen LogP contribution in [0.15, 0.2) is 0 Å². The summed E-state index contributed by atoms with van der Waals surface area (Å²) in [6.07, 6.45) is 22.1. The van der Waals surface area contributed by atoms with Gasteiger partial charge >= 0.3 is 11.9 Å². The van der Waals surface area contributed by atoms with E-state index in [1.807, 2.05) is 0 Å². The van der Waals surface area contributed by atoms with Crippen LogP contribution >= 0.6 is 0 Å². The standard InChI is InChI=1S/C26H50O4/c1-3-5-7-19-23-29-25(27)21-17-15-13-11-9-10-12-14-16-18-22-26(28)30-24-20-8-6-4-2/h3-24H2,1-2H3. The Bertz CT molecular complexity index is 345. The van der Waals surface area contributed by atoms with Gasteiger partial charge in [0.15, 0.2) is 0 Å². The van der Waals surface area contributed by atoms with Gasteiger partial charge in [-0.15, -0.1) is 0 Å². The zero-order valence-electron chi connectivity index (χ0n) is 20.2. The number of carbonyl (C=O) groups excluding carboxylic acids is 2. The molecule has 0 aliphatic carbocycles. The Labute approximate surface area is 186 Å². The largest absolute Gasteiger partial charge is 0.466 e. The lowest BCUT2D eigenvalue weighted by Gasteiger charge is -2.05. The van der Waals surface area contributed by atoms with Crippen molar-refractivity contribution in [2.24, 2.45) is 0 Å². The maximum absolute atomic E-state index is 11.6. The molecule has 0 amide bonds. The van der Waals surface area contributed by atoms with E-state index in [4.69, 9.17) is 9.47 Å². The first-order chi connectivity index (χ1) is 14.7. The molecule has 0 atom stereocenters. The minimum Gasteiger partial charge on any atom is -0.466 e. The number of unbranched alkanes of at least 4 members (excludes halogenated alkanes) is 15. The molecule has 178 valence electrons. The minimum atomic E-state index is -0.0214. The average molecular weight is 427 g/mol. The van der Waals surface area contributed by atoms with Crippen LogP contribution in [0.3, 0.4) is 0 Å². The molecule has 4 heteroatoms. The van der Waals surface area contributed by atoms with Gasteiger partial charge in [-0.2, -0.15) is 0 Å². The summed E-state index contributed by atoms with van der Waals surface area (Å²) in [7, 11) is 0. The van der Waals surface area contributed by atoms with Gasteiger partial charge in [0.2, 0.25) is 0 Å². The highest BCUT2D eigenvalue weighted by Crippen LogP contribution is 2.13. The molecule has 0 spiro atoms. The summed E-state index contributed by atoms with van der Waals surface area (Å²) in [6.45, 7) is 5.56. The quantitative estimate of drug-likeness (QED) is 0.123. The summed E-state index contributed by atoms with van der Waals surface area (Å²) in [5, 5.41) is 0. The summed E-state index contributed by atoms with van der Waals surface area (Å²) >= 11 is 0. The molecule has 0 aliphatic rings. The second kappa shape index (κ2) is 24.2. The van der Waals surface area contributed by atoms with Crippen LogP contribution in [-0.2, 0) is 19.1 Å². The van der Waals surface area contributed by atoms with Crippen molar-refractivity contribution in [3.05, 3.63) is 0 Å². The first-order valence-corrected chi connectivity index (χ1v) is 13.0. The van der Waals surface area contributed by atoms with Crippen molar-refractivity contribution in [3.8, 4) is 0 Å². The fourth-order valence-corrected chi connectivity index (χ4v) is 3.53. The molecule has 0 radical (unpaired) electrons. The zero-order valence-corrected chi connectivity index (χ0v) is 20.2. The normalized spacial score (nSPS) is 10.9. The van der Waals surface area contributed by atoms with Crippen molar-refractivity contribution in [3.63, 3.8) is 0 Å². The van der Waals surface area contributed by atoms with Gasteiger partial charge in [-0.3, -0.25) is 9.59 Å². The molecule has 0 rings (SSSR count). The molecule has 0 saturated carbocycles. The Morgan fingerprint density at radius 1 is 0.433 bits per heavy atom. The molecule has 0 aromatic rings. The number of esters is 2. The van der Waals surface area contributed by atoms with E-state index >= 15 is 0 Å². The Balaban J connectivity index is 3.20. The van der Waals surface area contributed by atoms with Gasteiger partial charge in [0, 0.05) is 12.8 Å². The Morgan fingerprint density at radius 3 is 1.07 bits per heavy atom. The molecular formula is C26H50O4.